The van der Waals surface area contributed by atoms with Gasteiger partial charge in [0, 0.05) is 11.9 Å². The van der Waals surface area contributed by atoms with Crippen LogP contribution < -0.4 is 10.6 Å². The molecule has 0 bridgehead atoms. The van der Waals surface area contributed by atoms with Crippen molar-refractivity contribution in [2.75, 3.05) is 5.32 Å². The molecule has 3 heterocycles. The number of hydrogen-bond donors (Lipinski definition) is 2. The summed E-state index contributed by atoms with van der Waals surface area (Å²) in [6.07, 6.45) is 1.44. The van der Waals surface area contributed by atoms with Gasteiger partial charge in [0.05, 0.1) is 23.8 Å². The minimum Gasteiger partial charge on any atom is -0.459 e. The van der Waals surface area contributed by atoms with Crippen molar-refractivity contribution in [3.05, 3.63) is 40.6 Å². The maximum atomic E-state index is 12.4. The van der Waals surface area contributed by atoms with Gasteiger partial charge in [-0.25, -0.2) is 4.98 Å². The molecule has 2 N–H and O–H groups in total. The lowest BCUT2D eigenvalue weighted by atomic mass is 10.4. The van der Waals surface area contributed by atoms with Gasteiger partial charge < -0.3 is 19.6 Å². The summed E-state index contributed by atoms with van der Waals surface area (Å²) in [4.78, 5) is 29.7. The monoisotopic (exact) mass is 420 g/mol. The summed E-state index contributed by atoms with van der Waals surface area (Å²) in [6.45, 7) is 5.86. The zero-order chi connectivity index (χ0) is 20.3. The maximum absolute atomic E-state index is 12.4. The van der Waals surface area contributed by atoms with Gasteiger partial charge in [-0.15, -0.1) is 21.5 Å². The summed E-state index contributed by atoms with van der Waals surface area (Å²) in [7, 11) is 1.79. The highest BCUT2D eigenvalue weighted by Gasteiger charge is 2.20. The molecular formula is C17H20N6O3S2. The summed E-state index contributed by atoms with van der Waals surface area (Å²) >= 11 is 2.73. The number of nitrogens with zero attached hydrogens (tertiary/aromatic N) is 4. The average Bonchev–Trinajstić information content (AvgIpc) is 3.37. The Balaban J connectivity index is 1.56. The molecule has 148 valence electrons. The van der Waals surface area contributed by atoms with E-state index in [9.17, 15) is 9.59 Å². The largest absolute Gasteiger partial charge is 0.459 e. The molecule has 0 unspecified atom stereocenters. The highest BCUT2D eigenvalue weighted by Crippen LogP contribution is 2.25. The Hall–Kier alpha value is -2.66. The number of hydrogen-bond acceptors (Lipinski definition) is 8. The van der Waals surface area contributed by atoms with E-state index >= 15 is 0 Å². The third kappa shape index (κ3) is 4.60. The lowest BCUT2D eigenvalue weighted by Crippen LogP contribution is -2.24. The van der Waals surface area contributed by atoms with Crippen LogP contribution in [0, 0.1) is 13.8 Å². The first kappa shape index (κ1) is 20.1. The molecule has 0 aliphatic carbocycles. The zero-order valence-corrected chi connectivity index (χ0v) is 17.5. The molecule has 1 atom stereocenters. The first-order valence-corrected chi connectivity index (χ1v) is 10.2. The molecule has 0 aliphatic rings. The fourth-order valence-electron chi connectivity index (χ4n) is 2.20. The predicted molar refractivity (Wildman–Crippen MR) is 106 cm³/mol. The lowest BCUT2D eigenvalue weighted by molar-refractivity contribution is -0.115. The lowest BCUT2D eigenvalue weighted by Gasteiger charge is -2.10. The van der Waals surface area contributed by atoms with Gasteiger partial charge in [0.15, 0.2) is 21.9 Å². The van der Waals surface area contributed by atoms with Crippen molar-refractivity contribution in [1.29, 1.82) is 0 Å². The number of thioether (sulfide) groups is 1. The third-order valence-electron chi connectivity index (χ3n) is 3.99. The topological polar surface area (TPSA) is 115 Å². The van der Waals surface area contributed by atoms with Gasteiger partial charge in [-0.05, 0) is 32.9 Å². The van der Waals surface area contributed by atoms with Crippen LogP contribution in [-0.4, -0.2) is 36.8 Å². The molecule has 11 heteroatoms. The molecule has 0 spiro atoms. The first-order chi connectivity index (χ1) is 13.3. The molecule has 0 aromatic carbocycles. The van der Waals surface area contributed by atoms with E-state index in [2.05, 4.69) is 25.8 Å². The van der Waals surface area contributed by atoms with Gasteiger partial charge in [-0.2, -0.15) is 0 Å². The van der Waals surface area contributed by atoms with E-state index in [1.807, 2.05) is 13.8 Å². The predicted octanol–water partition coefficient (Wildman–Crippen LogP) is 2.53. The second kappa shape index (κ2) is 8.57. The molecule has 3 aromatic heterocycles. The molecule has 2 amide bonds. The Morgan fingerprint density at radius 2 is 2.14 bits per heavy atom. The van der Waals surface area contributed by atoms with Crippen LogP contribution in [-0.2, 0) is 18.4 Å². The van der Waals surface area contributed by atoms with Crippen LogP contribution in [0.15, 0.2) is 28.0 Å². The third-order valence-corrected chi connectivity index (χ3v) is 6.11. The molecule has 0 fully saturated rings. The standard InChI is InChI=1S/C17H20N6O3S2/c1-9-10(2)27-16(19-9)20-14(24)11(3)28-17-22-21-13(23(17)4)8-18-15(25)12-6-5-7-26-12/h5-7,11H,8H2,1-4H3,(H,18,25)(H,19,20,24)/t11-/m1/s1. The number of thiazole rings is 1. The van der Waals surface area contributed by atoms with E-state index in [-0.39, 0.29) is 24.1 Å². The number of furan rings is 1. The summed E-state index contributed by atoms with van der Waals surface area (Å²) in [5, 5.41) is 14.5. The molecule has 0 aliphatic heterocycles. The van der Waals surface area contributed by atoms with Crippen LogP contribution in [0.25, 0.3) is 0 Å². The number of nitrogens with one attached hydrogen (secondary N) is 2. The fourth-order valence-corrected chi connectivity index (χ4v) is 3.85. The van der Waals surface area contributed by atoms with Crippen LogP contribution in [0.4, 0.5) is 5.13 Å². The van der Waals surface area contributed by atoms with E-state index in [0.717, 1.165) is 10.6 Å². The van der Waals surface area contributed by atoms with Crippen LogP contribution in [0.2, 0.25) is 0 Å². The summed E-state index contributed by atoms with van der Waals surface area (Å²) < 4.78 is 6.79. The van der Waals surface area contributed by atoms with Crippen LogP contribution in [0.5, 0.6) is 0 Å². The van der Waals surface area contributed by atoms with Crippen LogP contribution in [0.1, 0.15) is 33.9 Å². The first-order valence-electron chi connectivity index (χ1n) is 8.46. The SMILES string of the molecule is Cc1nc(NC(=O)[C@@H](C)Sc2nnc(CNC(=O)c3ccco3)n2C)sc1C. The quantitative estimate of drug-likeness (QED) is 0.564. The van der Waals surface area contributed by atoms with Gasteiger partial charge in [-0.3, -0.25) is 9.59 Å². The Morgan fingerprint density at radius 1 is 1.36 bits per heavy atom. The van der Waals surface area contributed by atoms with Crippen LogP contribution in [0.3, 0.4) is 0 Å². The van der Waals surface area contributed by atoms with Crippen molar-refractivity contribution in [2.24, 2.45) is 7.05 Å². The molecule has 0 saturated heterocycles. The minimum atomic E-state index is -0.391. The molecule has 9 nitrogen and oxygen atoms in total. The van der Waals surface area contributed by atoms with Crippen molar-refractivity contribution >= 4 is 40.0 Å². The molecular weight excluding hydrogens is 400 g/mol. The normalized spacial score (nSPS) is 12.0. The van der Waals surface area contributed by atoms with Crippen molar-refractivity contribution in [3.8, 4) is 0 Å². The maximum Gasteiger partial charge on any atom is 0.287 e. The van der Waals surface area contributed by atoms with Gasteiger partial charge >= 0.3 is 0 Å². The van der Waals surface area contributed by atoms with Gasteiger partial charge in [-0.1, -0.05) is 11.8 Å². The Kier molecular flexibility index (Phi) is 6.15. The average molecular weight is 421 g/mol. The molecule has 3 aromatic rings. The van der Waals surface area contributed by atoms with Crippen molar-refractivity contribution < 1.29 is 14.0 Å². The number of carbonyl (C=O) groups is 2. The second-order valence-electron chi connectivity index (χ2n) is 6.03. The number of aromatic nitrogens is 4. The molecule has 28 heavy (non-hydrogen) atoms. The Morgan fingerprint density at radius 3 is 2.79 bits per heavy atom. The number of anilines is 1. The Labute approximate surface area is 169 Å². The van der Waals surface area contributed by atoms with E-state index in [1.54, 1.807) is 30.7 Å². The zero-order valence-electron chi connectivity index (χ0n) is 15.8. The highest BCUT2D eigenvalue weighted by molar-refractivity contribution is 8.00. The number of rotatable bonds is 7. The highest BCUT2D eigenvalue weighted by atomic mass is 32.2. The number of amides is 2. The van der Waals surface area contributed by atoms with Gasteiger partial charge in [0.25, 0.3) is 5.91 Å². The summed E-state index contributed by atoms with van der Waals surface area (Å²) in [6, 6.07) is 3.23. The molecule has 0 saturated carbocycles. The van der Waals surface area contributed by atoms with E-state index in [4.69, 9.17) is 4.42 Å². The van der Waals surface area contributed by atoms with Gasteiger partial charge in [0.2, 0.25) is 5.91 Å². The van der Waals surface area contributed by atoms with Crippen molar-refractivity contribution in [3.63, 3.8) is 0 Å². The number of carbonyl (C=O) groups excluding carboxylic acids is 2. The van der Waals surface area contributed by atoms with Gasteiger partial charge in [0.1, 0.15) is 0 Å². The number of aryl methyl sites for hydroxylation is 2. The minimum absolute atomic E-state index is 0.158. The summed E-state index contributed by atoms with van der Waals surface area (Å²) in [5.41, 5.74) is 0.912. The Bertz CT molecular complexity index is 960. The molecule has 0 radical (unpaired) electrons. The van der Waals surface area contributed by atoms with E-state index < -0.39 is 5.25 Å². The van der Waals surface area contributed by atoms with Crippen molar-refractivity contribution in [2.45, 2.75) is 37.7 Å². The molecule has 3 rings (SSSR count). The smallest absolute Gasteiger partial charge is 0.287 e. The summed E-state index contributed by atoms with van der Waals surface area (Å²) in [5.74, 6) is 0.314. The van der Waals surface area contributed by atoms with E-state index in [0.29, 0.717) is 16.1 Å². The fraction of sp³-hybridized carbons (Fsp3) is 0.353. The van der Waals surface area contributed by atoms with E-state index in [1.165, 1.54) is 29.4 Å². The second-order valence-corrected chi connectivity index (χ2v) is 8.54. The van der Waals surface area contributed by atoms with Crippen molar-refractivity contribution in [1.82, 2.24) is 25.1 Å². The van der Waals surface area contributed by atoms with Crippen LogP contribution >= 0.6 is 23.1 Å².